The van der Waals surface area contributed by atoms with Gasteiger partial charge in [0.15, 0.2) is 0 Å². The maximum atomic E-state index is 4.49. The van der Waals surface area contributed by atoms with Gasteiger partial charge in [0.05, 0.1) is 0 Å². The van der Waals surface area contributed by atoms with Crippen LogP contribution >= 0.6 is 0 Å². The van der Waals surface area contributed by atoms with Gasteiger partial charge in [-0.25, -0.2) is 9.97 Å². The second-order valence-corrected chi connectivity index (χ2v) is 5.74. The molecule has 0 aliphatic heterocycles. The number of aromatic nitrogens is 2. The molecule has 1 N–H and O–H groups in total. The molecule has 0 saturated heterocycles. The Balaban J connectivity index is 2.05. The first-order chi connectivity index (χ1) is 9.74. The molecule has 1 unspecified atom stereocenters. The van der Waals surface area contributed by atoms with Crippen LogP contribution in [0.1, 0.15) is 51.3 Å². The first kappa shape index (κ1) is 15.2. The second kappa shape index (κ2) is 7.58. The number of rotatable bonds is 6. The van der Waals surface area contributed by atoms with Crippen LogP contribution in [-0.4, -0.2) is 40.5 Å². The zero-order valence-corrected chi connectivity index (χ0v) is 13.2. The minimum absolute atomic E-state index is 0.414. The molecular weight excluding hydrogens is 248 g/mol. The van der Waals surface area contributed by atoms with Gasteiger partial charge in [0, 0.05) is 23.8 Å². The summed E-state index contributed by atoms with van der Waals surface area (Å²) in [5.41, 5.74) is 2.62. The zero-order chi connectivity index (χ0) is 14.4. The molecular formula is C16H28N4. The summed E-state index contributed by atoms with van der Waals surface area (Å²) < 4.78 is 0. The quantitative estimate of drug-likeness (QED) is 0.811. The molecule has 4 heteroatoms. The highest BCUT2D eigenvalue weighted by atomic mass is 15.2. The van der Waals surface area contributed by atoms with E-state index >= 15 is 0 Å². The van der Waals surface area contributed by atoms with Gasteiger partial charge in [-0.05, 0) is 45.7 Å². The lowest BCUT2D eigenvalue weighted by atomic mass is 10.1. The summed E-state index contributed by atoms with van der Waals surface area (Å²) in [6.45, 7) is 9.93. The molecule has 0 saturated carbocycles. The topological polar surface area (TPSA) is 41.0 Å². The van der Waals surface area contributed by atoms with E-state index in [0.717, 1.165) is 38.3 Å². The van der Waals surface area contributed by atoms with Crippen molar-refractivity contribution in [1.82, 2.24) is 14.9 Å². The van der Waals surface area contributed by atoms with E-state index in [1.807, 2.05) is 0 Å². The van der Waals surface area contributed by atoms with Crippen LogP contribution in [0.4, 0.5) is 5.82 Å². The highest BCUT2D eigenvalue weighted by Gasteiger charge is 2.16. The van der Waals surface area contributed by atoms with Crippen LogP contribution in [0.3, 0.4) is 0 Å². The van der Waals surface area contributed by atoms with Gasteiger partial charge in [-0.3, -0.25) is 0 Å². The van der Waals surface area contributed by atoms with Crippen molar-refractivity contribution in [2.45, 2.75) is 58.9 Å². The van der Waals surface area contributed by atoms with Crippen molar-refractivity contribution < 1.29 is 0 Å². The van der Waals surface area contributed by atoms with E-state index in [4.69, 9.17) is 0 Å². The number of likely N-dealkylation sites (N-methyl/N-ethyl adjacent to an activating group) is 1. The lowest BCUT2D eigenvalue weighted by molar-refractivity contribution is 0.294. The molecule has 1 aliphatic carbocycles. The van der Waals surface area contributed by atoms with Crippen molar-refractivity contribution in [1.29, 1.82) is 0 Å². The molecule has 0 bridgehead atoms. The van der Waals surface area contributed by atoms with Crippen LogP contribution in [0.15, 0.2) is 6.33 Å². The van der Waals surface area contributed by atoms with E-state index in [-0.39, 0.29) is 0 Å². The first-order valence-corrected chi connectivity index (χ1v) is 8.06. The minimum atomic E-state index is 0.414. The summed E-state index contributed by atoms with van der Waals surface area (Å²) in [5.74, 6) is 1.07. The van der Waals surface area contributed by atoms with Crippen molar-refractivity contribution in [3.8, 4) is 0 Å². The summed E-state index contributed by atoms with van der Waals surface area (Å²) in [6, 6.07) is 0.414. The van der Waals surface area contributed by atoms with Crippen molar-refractivity contribution in [3.63, 3.8) is 0 Å². The van der Waals surface area contributed by atoms with E-state index in [1.54, 1.807) is 6.33 Å². The SMILES string of the molecule is CCN(CC)CC(C)Nc1ncnc2c1CCCCC2. The Bertz CT molecular complexity index is 415. The third-order valence-electron chi connectivity index (χ3n) is 4.18. The van der Waals surface area contributed by atoms with E-state index in [0.29, 0.717) is 6.04 Å². The fourth-order valence-corrected chi connectivity index (χ4v) is 2.97. The van der Waals surface area contributed by atoms with Gasteiger partial charge < -0.3 is 10.2 Å². The van der Waals surface area contributed by atoms with Crippen LogP contribution in [0.25, 0.3) is 0 Å². The van der Waals surface area contributed by atoms with Crippen LogP contribution < -0.4 is 5.32 Å². The summed E-state index contributed by atoms with van der Waals surface area (Å²) in [5, 5.41) is 3.60. The van der Waals surface area contributed by atoms with Gasteiger partial charge in [0.2, 0.25) is 0 Å². The molecule has 112 valence electrons. The Morgan fingerprint density at radius 3 is 2.65 bits per heavy atom. The Labute approximate surface area is 123 Å². The fraction of sp³-hybridized carbons (Fsp3) is 0.750. The molecule has 1 atom stereocenters. The van der Waals surface area contributed by atoms with Crippen LogP contribution in [-0.2, 0) is 12.8 Å². The predicted molar refractivity (Wildman–Crippen MR) is 84.2 cm³/mol. The molecule has 0 aromatic carbocycles. The van der Waals surface area contributed by atoms with Crippen molar-refractivity contribution in [2.75, 3.05) is 25.0 Å². The summed E-state index contributed by atoms with van der Waals surface area (Å²) in [4.78, 5) is 11.4. The van der Waals surface area contributed by atoms with Crippen LogP contribution in [0, 0.1) is 0 Å². The highest BCUT2D eigenvalue weighted by Crippen LogP contribution is 2.24. The molecule has 1 aromatic heterocycles. The lowest BCUT2D eigenvalue weighted by Crippen LogP contribution is -2.35. The Kier molecular flexibility index (Phi) is 5.77. The number of hydrogen-bond donors (Lipinski definition) is 1. The van der Waals surface area contributed by atoms with E-state index < -0.39 is 0 Å². The monoisotopic (exact) mass is 276 g/mol. The molecule has 0 radical (unpaired) electrons. The van der Waals surface area contributed by atoms with Gasteiger partial charge >= 0.3 is 0 Å². The van der Waals surface area contributed by atoms with Crippen molar-refractivity contribution >= 4 is 5.82 Å². The Morgan fingerprint density at radius 1 is 1.15 bits per heavy atom. The Hall–Kier alpha value is -1.16. The molecule has 1 aromatic rings. The minimum Gasteiger partial charge on any atom is -0.366 e. The predicted octanol–water partition coefficient (Wildman–Crippen LogP) is 2.89. The molecule has 0 amide bonds. The number of anilines is 1. The number of nitrogens with one attached hydrogen (secondary N) is 1. The molecule has 0 fully saturated rings. The van der Waals surface area contributed by atoms with Gasteiger partial charge in [0.25, 0.3) is 0 Å². The average Bonchev–Trinajstić information content (AvgIpc) is 2.71. The number of fused-ring (bicyclic) bond motifs is 1. The third-order valence-corrected chi connectivity index (χ3v) is 4.18. The second-order valence-electron chi connectivity index (χ2n) is 5.74. The first-order valence-electron chi connectivity index (χ1n) is 8.06. The number of nitrogens with zero attached hydrogens (tertiary/aromatic N) is 3. The van der Waals surface area contributed by atoms with E-state index in [9.17, 15) is 0 Å². The van der Waals surface area contributed by atoms with Crippen LogP contribution in [0.2, 0.25) is 0 Å². The zero-order valence-electron chi connectivity index (χ0n) is 13.2. The lowest BCUT2D eigenvalue weighted by Gasteiger charge is -2.24. The molecule has 1 aliphatic rings. The summed E-state index contributed by atoms with van der Waals surface area (Å²) >= 11 is 0. The molecule has 1 heterocycles. The fourth-order valence-electron chi connectivity index (χ4n) is 2.97. The molecule has 20 heavy (non-hydrogen) atoms. The number of aryl methyl sites for hydroxylation is 1. The average molecular weight is 276 g/mol. The third kappa shape index (κ3) is 3.92. The molecule has 0 spiro atoms. The normalized spacial score (nSPS) is 16.6. The van der Waals surface area contributed by atoms with Crippen LogP contribution in [0.5, 0.6) is 0 Å². The Morgan fingerprint density at radius 2 is 1.90 bits per heavy atom. The van der Waals surface area contributed by atoms with Gasteiger partial charge in [-0.2, -0.15) is 0 Å². The van der Waals surface area contributed by atoms with E-state index in [1.165, 1.54) is 30.5 Å². The largest absolute Gasteiger partial charge is 0.366 e. The van der Waals surface area contributed by atoms with E-state index in [2.05, 4.69) is 41.0 Å². The van der Waals surface area contributed by atoms with Gasteiger partial charge in [0.1, 0.15) is 12.1 Å². The highest BCUT2D eigenvalue weighted by molar-refractivity contribution is 5.47. The summed E-state index contributed by atoms with van der Waals surface area (Å²) in [6.07, 6.45) is 7.78. The van der Waals surface area contributed by atoms with Crippen molar-refractivity contribution in [2.24, 2.45) is 0 Å². The molecule has 2 rings (SSSR count). The summed E-state index contributed by atoms with van der Waals surface area (Å²) in [7, 11) is 0. The van der Waals surface area contributed by atoms with Crippen molar-refractivity contribution in [3.05, 3.63) is 17.6 Å². The maximum absolute atomic E-state index is 4.49. The molecule has 4 nitrogen and oxygen atoms in total. The van der Waals surface area contributed by atoms with Gasteiger partial charge in [-0.1, -0.05) is 20.3 Å². The van der Waals surface area contributed by atoms with Gasteiger partial charge in [-0.15, -0.1) is 0 Å². The maximum Gasteiger partial charge on any atom is 0.133 e. The smallest absolute Gasteiger partial charge is 0.133 e. The standard InChI is InChI=1S/C16H28N4/c1-4-20(5-2)11-13(3)19-16-14-9-7-6-8-10-15(14)17-12-18-16/h12-13H,4-11H2,1-3H3,(H,17,18,19). The number of hydrogen-bond acceptors (Lipinski definition) is 4.